The number of halogens is 9. The number of nitrogens with zero attached hydrogens (tertiary/aromatic N) is 7. The van der Waals surface area contributed by atoms with Gasteiger partial charge in [-0.3, -0.25) is 9.80 Å². The Labute approximate surface area is 344 Å². The average molecular weight is 900 g/mol. The number of anilines is 3. The molecule has 0 unspecified atom stereocenters. The third-order valence-electron chi connectivity index (χ3n) is 8.73. The van der Waals surface area contributed by atoms with Crippen LogP contribution in [0.1, 0.15) is 92.9 Å². The lowest BCUT2D eigenvalue weighted by molar-refractivity contribution is -0.929. The van der Waals surface area contributed by atoms with Crippen LogP contribution in [-0.4, -0.2) is 150 Å². The van der Waals surface area contributed by atoms with Gasteiger partial charge in [-0.05, 0) is 39.5 Å². The van der Waals surface area contributed by atoms with E-state index in [-0.39, 0.29) is 0 Å². The quantitative estimate of drug-likeness (QED) is 0.0351. The first-order valence-corrected chi connectivity index (χ1v) is 20.8. The van der Waals surface area contributed by atoms with Gasteiger partial charge in [-0.25, -0.2) is 8.42 Å². The van der Waals surface area contributed by atoms with Crippen molar-refractivity contribution in [2.75, 3.05) is 109 Å². The molecule has 14 nitrogen and oxygen atoms in total. The molecule has 1 rings (SSSR count). The van der Waals surface area contributed by atoms with Crippen molar-refractivity contribution < 1.29 is 75.9 Å². The summed E-state index contributed by atoms with van der Waals surface area (Å²) in [6.07, 6.45) is 3.90. The Morgan fingerprint density at radius 3 is 1.00 bits per heavy atom. The third kappa shape index (κ3) is 18.2. The summed E-state index contributed by atoms with van der Waals surface area (Å²) >= 11 is 0. The first kappa shape index (κ1) is 58.6. The first-order valence-electron chi connectivity index (χ1n) is 19.4. The number of hydrogen-bond donors (Lipinski definition) is 0. The van der Waals surface area contributed by atoms with E-state index in [2.05, 4.69) is 56.5 Å². The van der Waals surface area contributed by atoms with Crippen molar-refractivity contribution in [1.82, 2.24) is 15.0 Å². The molecule has 59 heavy (non-hydrogen) atoms. The van der Waals surface area contributed by atoms with E-state index in [0.29, 0.717) is 44.8 Å². The molecule has 0 bridgehead atoms. The number of rotatable bonds is 28. The van der Waals surface area contributed by atoms with Gasteiger partial charge in [-0.15, -0.1) is 0 Å². The van der Waals surface area contributed by atoms with Crippen LogP contribution < -0.4 is 14.7 Å². The van der Waals surface area contributed by atoms with Crippen LogP contribution in [0.3, 0.4) is 0 Å². The molecule has 0 aliphatic rings. The summed E-state index contributed by atoms with van der Waals surface area (Å²) < 4.78 is 158. The molecule has 24 heteroatoms. The summed E-state index contributed by atoms with van der Waals surface area (Å²) in [6.45, 7) is 21.9. The second kappa shape index (κ2) is 28.2. The summed E-state index contributed by atoms with van der Waals surface area (Å²) in [5.74, 6) is -13.3. The van der Waals surface area contributed by atoms with Gasteiger partial charge in [0.15, 0.2) is 10.1 Å². The van der Waals surface area contributed by atoms with Crippen LogP contribution in [0.5, 0.6) is 0 Å². The van der Waals surface area contributed by atoms with E-state index in [1.807, 2.05) is 4.90 Å². The molecule has 1 aromatic heterocycles. The predicted molar refractivity (Wildman–Crippen MR) is 206 cm³/mol. The maximum absolute atomic E-state index is 12.2. The third-order valence-corrected chi connectivity index (χ3v) is 9.61. The molecule has 1 heterocycles. The smallest absolute Gasteiger partial charge is 0.460 e. The zero-order valence-electron chi connectivity index (χ0n) is 36.0. The zero-order valence-corrected chi connectivity index (χ0v) is 36.8. The summed E-state index contributed by atoms with van der Waals surface area (Å²) in [4.78, 5) is 19.3. The van der Waals surface area contributed by atoms with E-state index in [1.54, 1.807) is 38.2 Å². The highest BCUT2D eigenvalue weighted by molar-refractivity contribution is 7.86. The Hall–Kier alpha value is -2.51. The van der Waals surface area contributed by atoms with Gasteiger partial charge in [-0.1, -0.05) is 53.4 Å². The van der Waals surface area contributed by atoms with E-state index in [1.165, 1.54) is 82.0 Å². The van der Waals surface area contributed by atoms with E-state index in [0.717, 1.165) is 13.1 Å². The monoisotopic (exact) mass is 899 g/mol. The lowest BCUT2D eigenvalue weighted by Crippen LogP contribution is -2.63. The van der Waals surface area contributed by atoms with Crippen molar-refractivity contribution >= 4 is 28.0 Å². The molecule has 0 fully saturated rings. The number of alkyl halides is 9. The van der Waals surface area contributed by atoms with Crippen LogP contribution in [0, 0.1) is 0 Å². The Morgan fingerprint density at radius 2 is 0.797 bits per heavy atom. The van der Waals surface area contributed by atoms with Gasteiger partial charge in [0.1, 0.15) is 26.9 Å². The molecule has 0 spiro atoms. The van der Waals surface area contributed by atoms with Crippen molar-refractivity contribution in [2.24, 2.45) is 0 Å². The molecule has 1 aromatic rings. The summed E-state index contributed by atoms with van der Waals surface area (Å²) in [5.41, 5.74) is 0. The number of unbranched alkanes of at least 4 members (excludes halogenated alkanes) is 4. The molecule has 0 saturated heterocycles. The fraction of sp³-hybridized carbons (Fsp3) is 0.914. The van der Waals surface area contributed by atoms with Crippen LogP contribution >= 0.6 is 0 Å². The molecule has 0 radical (unpaired) electrons. The van der Waals surface area contributed by atoms with Crippen molar-refractivity contribution in [1.29, 1.82) is 0 Å². The molecular weight excluding hydrogens is 833 g/mol. The van der Waals surface area contributed by atoms with Crippen LogP contribution in [-0.2, 0) is 29.1 Å². The lowest BCUT2D eigenvalue weighted by Gasteiger charge is -2.39. The van der Waals surface area contributed by atoms with Gasteiger partial charge in [0.25, 0.3) is 0 Å². The van der Waals surface area contributed by atoms with Gasteiger partial charge in [0, 0.05) is 41.5 Å². The summed E-state index contributed by atoms with van der Waals surface area (Å²) in [6, 6.07) is 0. The van der Waals surface area contributed by atoms with Crippen LogP contribution in [0.2, 0.25) is 0 Å². The van der Waals surface area contributed by atoms with Crippen molar-refractivity contribution in [2.45, 2.75) is 116 Å². The normalized spacial score (nSPS) is 12.7. The maximum atomic E-state index is 12.2. The first-order chi connectivity index (χ1) is 27.4. The molecule has 0 amide bonds. The number of quaternary nitrogens is 1. The highest BCUT2D eigenvalue weighted by Gasteiger charge is 2.83. The van der Waals surface area contributed by atoms with Gasteiger partial charge in [-0.2, -0.15) is 54.5 Å². The van der Waals surface area contributed by atoms with E-state index in [4.69, 9.17) is 18.9 Å². The minimum Gasteiger partial charge on any atom is -0.743 e. The van der Waals surface area contributed by atoms with Crippen LogP contribution in [0.15, 0.2) is 0 Å². The summed E-state index contributed by atoms with van der Waals surface area (Å²) in [5, 5.41) is -7.11. The summed E-state index contributed by atoms with van der Waals surface area (Å²) in [7, 11) is -0.979. The number of ether oxygens (including phenoxy) is 4. The second-order valence-corrected chi connectivity index (χ2v) is 14.8. The number of methoxy groups -OCH3 is 4. The molecule has 0 aliphatic heterocycles. The minimum atomic E-state index is -7.43. The predicted octanol–water partition coefficient (Wildman–Crippen LogP) is 7.71. The van der Waals surface area contributed by atoms with Crippen molar-refractivity contribution in [3.05, 3.63) is 0 Å². The molecular formula is C35H66F9N7O7S. The van der Waals surface area contributed by atoms with E-state index in [9.17, 15) is 52.5 Å². The topological polar surface area (TPSA) is 143 Å². The van der Waals surface area contributed by atoms with Crippen molar-refractivity contribution in [3.8, 4) is 0 Å². The van der Waals surface area contributed by atoms with E-state index < -0.39 is 33.4 Å². The standard InChI is InChI=1S/C16H36N.C15H30N6O4.C4HF9O3S/c1-5-9-13-17(14-10-6-2,15-11-7-3)16-12-8-4;1-7-19(8-2)13-16-14(20(9-22-3)10-23-4)18-15(17-13)21(11-24-5)12-25-6;5-1(6,3(9,10)11)2(7,8)4(12,13)17(14,15)16/h5-16H2,1-4H3;7-12H2,1-6H3;(H,14,15,16)/q+1;;/p-1. The Balaban J connectivity index is 0. The van der Waals surface area contributed by atoms with Crippen LogP contribution in [0.25, 0.3) is 0 Å². The van der Waals surface area contributed by atoms with Crippen molar-refractivity contribution in [3.63, 3.8) is 0 Å². The Bertz CT molecular complexity index is 1290. The maximum Gasteiger partial charge on any atom is 0.460 e. The molecule has 0 aliphatic carbocycles. The van der Waals surface area contributed by atoms with Gasteiger partial charge < -0.3 is 32.9 Å². The number of aromatic nitrogens is 3. The lowest BCUT2D eigenvalue weighted by atomic mass is 10.1. The number of hydrogen-bond acceptors (Lipinski definition) is 13. The molecule has 0 N–H and O–H groups in total. The average Bonchev–Trinajstić information content (AvgIpc) is 3.17. The SMILES string of the molecule is CCCC[N+](CCCC)(CCCC)CCCC.CCN(CC)c1nc(N(COC)COC)nc(N(COC)COC)n1.O=S(=O)([O-])C(F)(F)C(F)(F)C(F)(F)C(F)(F)F. The molecule has 0 aromatic carbocycles. The highest BCUT2D eigenvalue weighted by atomic mass is 32.2. The highest BCUT2D eigenvalue weighted by Crippen LogP contribution is 2.54. The Kier molecular flexibility index (Phi) is 28.0. The molecule has 352 valence electrons. The fourth-order valence-electron chi connectivity index (χ4n) is 5.37. The molecule has 0 atom stereocenters. The molecule has 0 saturated carbocycles. The van der Waals surface area contributed by atoms with Crippen LogP contribution in [0.4, 0.5) is 57.4 Å². The van der Waals surface area contributed by atoms with Gasteiger partial charge in [0.2, 0.25) is 17.8 Å². The van der Waals surface area contributed by atoms with E-state index >= 15 is 0 Å². The zero-order chi connectivity index (χ0) is 46.1. The second-order valence-electron chi connectivity index (χ2n) is 13.4. The van der Waals surface area contributed by atoms with Gasteiger partial charge in [0.05, 0.1) is 26.2 Å². The Morgan fingerprint density at radius 1 is 0.525 bits per heavy atom. The van der Waals surface area contributed by atoms with Gasteiger partial charge >= 0.3 is 23.3 Å². The largest absolute Gasteiger partial charge is 0.743 e. The minimum absolute atomic E-state index is 0.295. The fourth-order valence-corrected chi connectivity index (χ4v) is 5.81.